The van der Waals surface area contributed by atoms with Crippen LogP contribution in [0.1, 0.15) is 2.85 Å². The molecule has 0 aromatic rings. The molecule has 0 bridgehead atoms. The summed E-state index contributed by atoms with van der Waals surface area (Å²) in [4.78, 5) is 29.3. The summed E-state index contributed by atoms with van der Waals surface area (Å²) in [5.74, 6) is 0. The number of halogens is 1. The van der Waals surface area contributed by atoms with E-state index in [9.17, 15) is 0 Å². The van der Waals surface area contributed by atoms with E-state index in [4.69, 9.17) is 19.2 Å². The van der Waals surface area contributed by atoms with Gasteiger partial charge in [0, 0.05) is 17.1 Å². The maximum Gasteiger partial charge on any atom is 1.00 e. The van der Waals surface area contributed by atoms with Crippen molar-refractivity contribution in [1.82, 2.24) is 0 Å². The van der Waals surface area contributed by atoms with Gasteiger partial charge in [-0.2, -0.15) is 0 Å². The zero-order valence-electron chi connectivity index (χ0n) is 7.55. The molecule has 0 spiro atoms. The minimum absolute atomic E-state index is 0. The van der Waals surface area contributed by atoms with Crippen LogP contribution in [0.4, 0.5) is 4.70 Å². The molecular formula is H12AlFFeKLiO5Si. The Kier molecular flexibility index (Phi) is 101. The van der Waals surface area contributed by atoms with E-state index in [1.807, 2.05) is 0 Å². The summed E-state index contributed by atoms with van der Waals surface area (Å²) in [6.45, 7) is 0. The molecule has 0 amide bonds. The van der Waals surface area contributed by atoms with Crippen LogP contribution in [-0.4, -0.2) is 51.1 Å². The molecule has 66 valence electrons. The predicted molar refractivity (Wildman–Crippen MR) is 32.9 cm³/mol. The Morgan fingerprint density at radius 3 is 1.00 bits per heavy atom. The summed E-state index contributed by atoms with van der Waals surface area (Å²) < 4.78 is 0. The van der Waals surface area contributed by atoms with E-state index in [-0.39, 0.29) is 118 Å². The molecule has 0 aromatic heterocycles. The Hall–Kier alpha value is 3.23. The first-order valence-corrected chi connectivity index (χ1v) is 2.68. The van der Waals surface area contributed by atoms with Gasteiger partial charge in [0.15, 0.2) is 17.4 Å². The average molecular weight is 268 g/mol. The van der Waals surface area contributed by atoms with Crippen LogP contribution in [0.15, 0.2) is 0 Å². The second-order valence-corrected chi connectivity index (χ2v) is 1.80. The van der Waals surface area contributed by atoms with E-state index in [2.05, 4.69) is 0 Å². The fraction of sp³-hybridized carbons (Fsp3) is 0. The molecule has 0 saturated carbocycles. The van der Waals surface area contributed by atoms with E-state index in [1.165, 1.54) is 0 Å². The molecular weight excluding hydrogens is 256 g/mol. The standard InChI is InChI=1S/Al.FH.Fe.K.Li.H4O4Si.H2O.5H/c;;;;;1-5(2,3)4;;;;;;/h;1H;;;;1-4H;1H2;;;;;/q;;;2*+1;;;;;;2*-1. The van der Waals surface area contributed by atoms with Crippen molar-refractivity contribution < 1.29 is 120 Å². The largest absolute Gasteiger partial charge is 1.00 e. The van der Waals surface area contributed by atoms with Crippen molar-refractivity contribution in [3.63, 3.8) is 0 Å². The smallest absolute Gasteiger partial charge is 1.00 e. The van der Waals surface area contributed by atoms with Gasteiger partial charge in [0.05, 0.1) is 0 Å². The summed E-state index contributed by atoms with van der Waals surface area (Å²) in [5.41, 5.74) is 0. The topological polar surface area (TPSA) is 112 Å². The van der Waals surface area contributed by atoms with Crippen LogP contribution in [0, 0.1) is 0 Å². The molecule has 0 rings (SSSR count). The van der Waals surface area contributed by atoms with Gasteiger partial charge in [-0.1, -0.05) is 0 Å². The Balaban J connectivity index is -0.00000000286. The van der Waals surface area contributed by atoms with Crippen LogP contribution in [0.2, 0.25) is 0 Å². The van der Waals surface area contributed by atoms with Crippen LogP contribution >= 0.6 is 0 Å². The minimum atomic E-state index is -4.61. The van der Waals surface area contributed by atoms with Crippen LogP contribution in [0.3, 0.4) is 0 Å². The van der Waals surface area contributed by atoms with Crippen LogP contribution in [0.25, 0.3) is 0 Å². The van der Waals surface area contributed by atoms with Crippen molar-refractivity contribution in [2.24, 2.45) is 0 Å². The molecule has 0 heterocycles. The molecule has 11 heteroatoms. The van der Waals surface area contributed by atoms with E-state index in [0.29, 0.717) is 0 Å². The monoisotopic (exact) mass is 268 g/mol. The molecule has 0 aliphatic heterocycles. The van der Waals surface area contributed by atoms with Gasteiger partial charge in [0.1, 0.15) is 0 Å². The maximum absolute atomic E-state index is 7.33. The minimum Gasteiger partial charge on any atom is -1.00 e. The molecule has 0 aliphatic carbocycles. The molecule has 0 radical (unpaired) electrons. The van der Waals surface area contributed by atoms with Crippen LogP contribution < -0.4 is 70.2 Å². The van der Waals surface area contributed by atoms with Gasteiger partial charge in [-0.05, 0) is 0 Å². The van der Waals surface area contributed by atoms with Crippen molar-refractivity contribution in [3.05, 3.63) is 0 Å². The normalized spacial score (nSPS) is 5.45. The third kappa shape index (κ3) is 160. The SMILES string of the molecule is F.O.O[Si](O)(O)O.[AlH3].[Fe].[H-].[H-].[K+].[Li+]. The molecule has 0 aromatic carbocycles. The van der Waals surface area contributed by atoms with Gasteiger partial charge in [0.25, 0.3) is 0 Å². The first-order chi connectivity index (χ1) is 2.00. The first-order valence-electron chi connectivity index (χ1n) is 0.894. The summed E-state index contributed by atoms with van der Waals surface area (Å²) in [5, 5.41) is 0. The third-order valence-corrected chi connectivity index (χ3v) is 0. The number of hydrogen-bond acceptors (Lipinski definition) is 4. The van der Waals surface area contributed by atoms with Crippen molar-refractivity contribution in [3.8, 4) is 0 Å². The second kappa shape index (κ2) is 23.2. The number of rotatable bonds is 0. The summed E-state index contributed by atoms with van der Waals surface area (Å²) >= 11 is 0. The Bertz CT molecular complexity index is 50.0. The van der Waals surface area contributed by atoms with E-state index >= 15 is 0 Å². The molecule has 6 N–H and O–H groups in total. The molecule has 0 atom stereocenters. The fourth-order valence-corrected chi connectivity index (χ4v) is 0. The van der Waals surface area contributed by atoms with Gasteiger partial charge in [-0.25, -0.2) is 0 Å². The van der Waals surface area contributed by atoms with Gasteiger partial charge in [-0.15, -0.1) is 0 Å². The zero-order chi connectivity index (χ0) is 4.50. The molecule has 0 aliphatic rings. The molecule has 0 saturated heterocycles. The molecule has 11 heavy (non-hydrogen) atoms. The average Bonchev–Trinajstić information content (AvgIpc) is 0.722. The predicted octanol–water partition coefficient (Wildman–Crippen LogP) is -10.2. The summed E-state index contributed by atoms with van der Waals surface area (Å²) in [6, 6.07) is 0. The molecule has 0 fully saturated rings. The van der Waals surface area contributed by atoms with Crippen molar-refractivity contribution in [2.75, 3.05) is 0 Å². The van der Waals surface area contributed by atoms with E-state index in [0.717, 1.165) is 0 Å². The van der Waals surface area contributed by atoms with Gasteiger partial charge in [-0.3, -0.25) is 4.70 Å². The Morgan fingerprint density at radius 2 is 1.00 bits per heavy atom. The van der Waals surface area contributed by atoms with Gasteiger partial charge in [0.2, 0.25) is 0 Å². The van der Waals surface area contributed by atoms with Crippen molar-refractivity contribution in [2.45, 2.75) is 0 Å². The van der Waals surface area contributed by atoms with E-state index in [1.54, 1.807) is 0 Å². The van der Waals surface area contributed by atoms with Gasteiger partial charge >= 0.3 is 79.3 Å². The fourth-order valence-electron chi connectivity index (χ4n) is 0. The van der Waals surface area contributed by atoms with Crippen molar-refractivity contribution >= 4 is 26.4 Å². The first kappa shape index (κ1) is 47.6. The Morgan fingerprint density at radius 1 is 1.00 bits per heavy atom. The molecule has 0 unspecified atom stereocenters. The second-order valence-electron chi connectivity index (χ2n) is 0.600. The van der Waals surface area contributed by atoms with Crippen molar-refractivity contribution in [1.29, 1.82) is 0 Å². The maximum atomic E-state index is 7.33. The number of hydrogen-bond donors (Lipinski definition) is 4. The van der Waals surface area contributed by atoms with Crippen LogP contribution in [-0.2, 0) is 17.1 Å². The third-order valence-electron chi connectivity index (χ3n) is 0. The summed E-state index contributed by atoms with van der Waals surface area (Å²) in [6.07, 6.45) is 0. The summed E-state index contributed by atoms with van der Waals surface area (Å²) in [7, 11) is -4.61. The zero-order valence-corrected chi connectivity index (χ0v) is 10.8. The van der Waals surface area contributed by atoms with E-state index < -0.39 is 9.05 Å². The molecule has 5 nitrogen and oxygen atoms in total. The Labute approximate surface area is 143 Å². The quantitative estimate of drug-likeness (QED) is 0.327. The van der Waals surface area contributed by atoms with Gasteiger partial charge < -0.3 is 27.5 Å². The van der Waals surface area contributed by atoms with Crippen LogP contribution in [0.5, 0.6) is 0 Å².